The van der Waals surface area contributed by atoms with Gasteiger partial charge in [0.1, 0.15) is 0 Å². The van der Waals surface area contributed by atoms with E-state index in [1.807, 2.05) is 97.1 Å². The zero-order valence-electron chi connectivity index (χ0n) is 72.9. The molecule has 0 spiro atoms. The number of hydrogen-bond acceptors (Lipinski definition) is 6. The molecule has 8 bridgehead atoms. The summed E-state index contributed by atoms with van der Waals surface area (Å²) < 4.78 is 0. The Balaban J connectivity index is 0.000000123. The molecule has 0 saturated carbocycles. The van der Waals surface area contributed by atoms with Gasteiger partial charge in [-0.3, -0.25) is 0 Å². The van der Waals surface area contributed by atoms with Crippen LogP contribution < -0.4 is 9.97 Å². The molecule has 613 valence electrons. The van der Waals surface area contributed by atoms with E-state index in [0.717, 1.165) is 43.8 Å². The first-order valence-electron chi connectivity index (χ1n) is 42.7. The Morgan fingerprint density at radius 2 is 0.255 bits per heavy atom. The molecule has 0 atom stereocenters. The second kappa shape index (κ2) is 36.6. The summed E-state index contributed by atoms with van der Waals surface area (Å²) in [5.74, 6) is 148. The van der Waals surface area contributed by atoms with Crippen molar-refractivity contribution in [2.24, 2.45) is 0 Å². The third-order valence-electron chi connectivity index (χ3n) is 23.5. The van der Waals surface area contributed by atoms with Crippen LogP contribution in [0.4, 0.5) is 0 Å². The van der Waals surface area contributed by atoms with Crippen molar-refractivity contribution in [3.8, 4) is 389 Å². The van der Waals surface area contributed by atoms with Gasteiger partial charge in [-0.15, -0.1) is 0 Å². The predicted molar refractivity (Wildman–Crippen MR) is 565 cm³/mol. The molecule has 2 aliphatic heterocycles. The minimum absolute atomic E-state index is 0. The summed E-state index contributed by atoms with van der Waals surface area (Å²) in [6.45, 7) is 3.37. The molecule has 9 heteroatoms. The summed E-state index contributed by atoms with van der Waals surface area (Å²) in [5.41, 5.74) is 5.78. The summed E-state index contributed by atoms with van der Waals surface area (Å²) in [7, 11) is 0. The van der Waals surface area contributed by atoms with Crippen LogP contribution in [0.3, 0.4) is 0 Å². The second-order valence-corrected chi connectivity index (χ2v) is 30.5. The third kappa shape index (κ3) is 14.4. The maximum Gasteiger partial charge on any atom is 0.0927 e. The van der Waals surface area contributed by atoms with E-state index in [1.165, 1.54) is 108 Å². The molecule has 0 fully saturated rings. The van der Waals surface area contributed by atoms with Crippen LogP contribution >= 0.6 is 0 Å². The van der Waals surface area contributed by atoms with Crippen molar-refractivity contribution >= 4 is 206 Å². The molecule has 0 amide bonds. The molecule has 20 aromatic carbocycles. The van der Waals surface area contributed by atoms with Gasteiger partial charge in [0, 0.05) is 299 Å². The molecule has 2 aliphatic rings. The fourth-order valence-corrected chi connectivity index (χ4v) is 18.9. The van der Waals surface area contributed by atoms with Crippen molar-refractivity contribution < 1.29 is 17.1 Å². The standard InChI is InChI=1S/C60H6.C40H10.C32H16N8.Cu/c1-3-5-7-9-11-13-15-17-19-21-23-25-27-29-31-33-35-37-39-41-43-45-47-49-51-53-55-57-59-60-58-56-54-52-50-48-46-44-42-40-38-36-34-32-30-28-26-24-22-20-18-16-14-12-10-8-6-4-2;1-2-12-14-5-6-16-18-9-10-20-19-8-7-17-15-4-3-13-11(1)21-22(12)32-24(14)26(16)34-29(18)30(20)35-28(19)27(17)33-25(15)23(13)31(21)36-37(32)39(34)40(35)38(33)36;1-2-10-18-17(9-1)25-33-26(18)38-28-21-13-5-6-14-22(21)30(35-28)40-32-24-16-8-7-15-23(24)31(36-32)39-29-20-12-4-3-11-19(20)27(34-29)37-25;/h1-2H3;1-10H;1-16H;/q;;-2;. The maximum absolute atomic E-state index is 4.95. The van der Waals surface area contributed by atoms with Gasteiger partial charge < -0.3 is 29.9 Å². The van der Waals surface area contributed by atoms with Gasteiger partial charge in [0.2, 0.25) is 0 Å². The van der Waals surface area contributed by atoms with Crippen molar-refractivity contribution in [1.29, 1.82) is 0 Å². The molecule has 3 aromatic heterocycles. The van der Waals surface area contributed by atoms with Crippen LogP contribution in [-0.2, 0) is 17.1 Å². The van der Waals surface area contributed by atoms with Gasteiger partial charge in [-0.25, -0.2) is 9.97 Å². The largest absolute Gasteiger partial charge is 0.357 e. The fraction of sp³-hybridized carbons (Fsp3) is 0.0152. The molecule has 0 aliphatic carbocycles. The molecule has 1 radical (unpaired) electrons. The zero-order chi connectivity index (χ0) is 93.6. The summed E-state index contributed by atoms with van der Waals surface area (Å²) in [5, 5.41) is 49.1. The molecule has 141 heavy (non-hydrogen) atoms. The van der Waals surface area contributed by atoms with E-state index >= 15 is 0 Å². The fourth-order valence-electron chi connectivity index (χ4n) is 18.9. The third-order valence-corrected chi connectivity index (χ3v) is 23.5. The summed E-state index contributed by atoms with van der Waals surface area (Å²) >= 11 is 0. The van der Waals surface area contributed by atoms with Crippen molar-refractivity contribution in [1.82, 2.24) is 39.9 Å². The number of nitrogens with zero attached hydrogens (tertiary/aromatic N) is 8. The van der Waals surface area contributed by atoms with E-state index < -0.39 is 0 Å². The van der Waals surface area contributed by atoms with Gasteiger partial charge in [0.25, 0.3) is 0 Å². The van der Waals surface area contributed by atoms with Gasteiger partial charge in [-0.2, -0.15) is 0 Å². The van der Waals surface area contributed by atoms with Crippen LogP contribution in [0.1, 0.15) is 13.8 Å². The van der Waals surface area contributed by atoms with Gasteiger partial charge >= 0.3 is 0 Å². The Kier molecular flexibility index (Phi) is 21.7. The van der Waals surface area contributed by atoms with Crippen molar-refractivity contribution in [2.45, 2.75) is 13.8 Å². The van der Waals surface area contributed by atoms with Gasteiger partial charge in [-0.05, 0) is 292 Å². The van der Waals surface area contributed by atoms with Crippen LogP contribution in [0.15, 0.2) is 158 Å². The number of fused-ring (bicyclic) bond motifs is 25. The molecule has 25 rings (SSSR count). The van der Waals surface area contributed by atoms with Crippen molar-refractivity contribution in [3.05, 3.63) is 158 Å². The summed E-state index contributed by atoms with van der Waals surface area (Å²) in [4.78, 5) is 39.3. The number of benzene rings is 14. The quantitative estimate of drug-likeness (QED) is 0.0840. The van der Waals surface area contributed by atoms with E-state index in [9.17, 15) is 0 Å². The monoisotopic (exact) mass is 1790 g/mol. The summed E-state index contributed by atoms with van der Waals surface area (Å²) in [6.07, 6.45) is 0. The Morgan fingerprint density at radius 1 is 0.135 bits per heavy atom. The first-order valence-corrected chi connectivity index (χ1v) is 42.7. The maximum atomic E-state index is 4.95. The average Bonchev–Trinajstić information content (AvgIpc) is 1.44. The van der Waals surface area contributed by atoms with Crippen LogP contribution in [0.2, 0.25) is 0 Å². The van der Waals surface area contributed by atoms with Crippen LogP contribution in [0, 0.1) is 343 Å². The van der Waals surface area contributed by atoms with E-state index in [4.69, 9.17) is 39.9 Å². The van der Waals surface area contributed by atoms with Gasteiger partial charge in [0.15, 0.2) is 0 Å². The molecule has 23 aromatic rings. The van der Waals surface area contributed by atoms with Crippen LogP contribution in [0.25, 0.3) is 251 Å². The average molecular weight is 1790 g/mol. The van der Waals surface area contributed by atoms with E-state index in [0.29, 0.717) is 45.9 Å². The second-order valence-electron chi connectivity index (χ2n) is 30.5. The number of aromatic nitrogens is 8. The molecule has 0 saturated heterocycles. The minimum Gasteiger partial charge on any atom is -0.357 e. The molecule has 0 N–H and O–H groups in total. The van der Waals surface area contributed by atoms with Crippen molar-refractivity contribution in [2.75, 3.05) is 0 Å². The first-order chi connectivity index (χ1) is 69.6. The molecule has 0 unspecified atom stereocenters. The molecule has 5 heterocycles. The van der Waals surface area contributed by atoms with E-state index in [2.05, 4.69) is 404 Å². The molecular weight excluding hydrogens is 1760 g/mol. The molecule has 8 nitrogen and oxygen atoms in total. The van der Waals surface area contributed by atoms with Crippen LogP contribution in [0.5, 0.6) is 0 Å². The Morgan fingerprint density at radius 3 is 0.390 bits per heavy atom. The Hall–Kier alpha value is -23.2. The number of rotatable bonds is 0. The van der Waals surface area contributed by atoms with Crippen molar-refractivity contribution in [3.63, 3.8) is 0 Å². The first kappa shape index (κ1) is 83.4. The summed E-state index contributed by atoms with van der Waals surface area (Å²) in [6, 6.07) is 56.3. The smallest absolute Gasteiger partial charge is 0.0927 e. The normalized spacial score (nSPS) is 9.49. The van der Waals surface area contributed by atoms with E-state index in [1.54, 1.807) is 67.7 Å². The molecular formula is C132H32CuN8-2. The van der Waals surface area contributed by atoms with E-state index in [-0.39, 0.29) is 17.1 Å². The topological polar surface area (TPSA) is 106 Å². The number of hydrogen-bond donors (Lipinski definition) is 0. The Bertz CT molecular complexity index is 10600. The predicted octanol–water partition coefficient (Wildman–Crippen LogP) is 18.9. The van der Waals surface area contributed by atoms with Gasteiger partial charge in [-0.1, -0.05) is 170 Å². The SMILES string of the molecule is CC#CC#CC#CC#CC#CC#CC#CC#CC#CC#CC#CC#CC#CC#CC#CC#CC#CC#CC#CC#CC#CC#CC#CC#CC#CC#CC#CC#CC#CC.[Cu].c1cc2c3ccc4c5ccc6c7ccc8c9ccc%10c1c1c2c2c3c4c3c5c6c4c7c8c5c9c%10c1c1c2c3c4c51.c1ccc2c(c1)-c1nc-2nc2[n-]c(nc3nc(nc4[n-]c(n1)c1ccccc41)-c1ccccc1-3)c1ccccc21. The minimum atomic E-state index is 0. The van der Waals surface area contributed by atoms with Crippen LogP contribution in [-0.4, -0.2) is 29.9 Å². The zero-order valence-corrected chi connectivity index (χ0v) is 73.8. The Labute approximate surface area is 817 Å². The van der Waals surface area contributed by atoms with Gasteiger partial charge in [0.05, 0.1) is 23.3 Å².